The molecule has 2 rings (SSSR count). The lowest BCUT2D eigenvalue weighted by atomic mass is 10.0. The van der Waals surface area contributed by atoms with Crippen LogP contribution in [-0.4, -0.2) is 26.2 Å². The Balaban J connectivity index is 2.18. The topological polar surface area (TPSA) is 79.5 Å². The predicted molar refractivity (Wildman–Crippen MR) is 80.3 cm³/mol. The smallest absolute Gasteiger partial charge is 0.250 e. The van der Waals surface area contributed by atoms with Crippen LogP contribution in [0.1, 0.15) is 18.6 Å². The first kappa shape index (κ1) is 15.7. The van der Waals surface area contributed by atoms with Crippen molar-refractivity contribution in [3.8, 4) is 0 Å². The molecule has 0 radical (unpaired) electrons. The van der Waals surface area contributed by atoms with Gasteiger partial charge < -0.3 is 9.52 Å². The van der Waals surface area contributed by atoms with Gasteiger partial charge >= 0.3 is 0 Å². The maximum atomic E-state index is 12.2. The van der Waals surface area contributed by atoms with Crippen molar-refractivity contribution >= 4 is 37.3 Å². The van der Waals surface area contributed by atoms with Crippen LogP contribution < -0.4 is 4.72 Å². The van der Waals surface area contributed by atoms with Crippen molar-refractivity contribution < 1.29 is 17.9 Å². The fraction of sp³-hybridized carbons (Fsp3) is 0.333. The van der Waals surface area contributed by atoms with Crippen molar-refractivity contribution in [3.63, 3.8) is 0 Å². The third-order valence-corrected chi connectivity index (χ3v) is 6.52. The molecule has 0 unspecified atom stereocenters. The maximum absolute atomic E-state index is 12.2. The molecule has 8 heteroatoms. The molecule has 20 heavy (non-hydrogen) atoms. The van der Waals surface area contributed by atoms with Gasteiger partial charge in [0, 0.05) is 5.92 Å². The van der Waals surface area contributed by atoms with Gasteiger partial charge in [-0.2, -0.15) is 0 Å². The van der Waals surface area contributed by atoms with Crippen molar-refractivity contribution in [2.24, 2.45) is 0 Å². The van der Waals surface area contributed by atoms with Crippen molar-refractivity contribution in [2.45, 2.75) is 23.1 Å². The molecule has 2 atom stereocenters. The van der Waals surface area contributed by atoms with E-state index in [9.17, 15) is 13.5 Å². The second kappa shape index (κ2) is 6.40. The second-order valence-corrected chi connectivity index (χ2v) is 8.68. The average Bonchev–Trinajstić information content (AvgIpc) is 3.06. The van der Waals surface area contributed by atoms with Crippen LogP contribution in [0.3, 0.4) is 0 Å². The molecule has 0 aliphatic heterocycles. The molecule has 2 heterocycles. The number of aliphatic hydroxyl groups excluding tert-OH is 1. The number of thiophene rings is 1. The number of rotatable bonds is 6. The van der Waals surface area contributed by atoms with Crippen LogP contribution in [0.2, 0.25) is 0 Å². The molecular weight excluding hydrogens is 366 g/mol. The van der Waals surface area contributed by atoms with E-state index in [-0.39, 0.29) is 16.7 Å². The lowest BCUT2D eigenvalue weighted by molar-refractivity contribution is 0.234. The van der Waals surface area contributed by atoms with Gasteiger partial charge in [-0.3, -0.25) is 0 Å². The molecule has 0 aliphatic rings. The van der Waals surface area contributed by atoms with Crippen LogP contribution in [0.5, 0.6) is 0 Å². The van der Waals surface area contributed by atoms with Crippen LogP contribution in [0.4, 0.5) is 0 Å². The highest BCUT2D eigenvalue weighted by Gasteiger charge is 2.27. The molecule has 5 nitrogen and oxygen atoms in total. The van der Waals surface area contributed by atoms with E-state index in [4.69, 9.17) is 4.42 Å². The zero-order valence-corrected chi connectivity index (χ0v) is 13.8. The van der Waals surface area contributed by atoms with Crippen LogP contribution in [-0.2, 0) is 10.0 Å². The van der Waals surface area contributed by atoms with Gasteiger partial charge in [-0.25, -0.2) is 13.1 Å². The highest BCUT2D eigenvalue weighted by Crippen LogP contribution is 2.27. The predicted octanol–water partition coefficient (Wildman–Crippen LogP) is 2.55. The standard InChI is InChI=1S/C12H14BrNO4S2/c1-8(10-3-2-6-18-10)9(7-15)14-20(16,17)12-5-4-11(13)19-12/h2-6,8-9,14-15H,7H2,1H3/t8-,9+/m1/s1. The average molecular weight is 380 g/mol. The van der Waals surface area contributed by atoms with Gasteiger partial charge in [-0.1, -0.05) is 6.92 Å². The Morgan fingerprint density at radius 3 is 2.70 bits per heavy atom. The molecule has 0 bridgehead atoms. The SMILES string of the molecule is C[C@@H](c1ccco1)[C@H](CO)NS(=O)(=O)c1ccc(Br)s1. The summed E-state index contributed by atoms with van der Waals surface area (Å²) in [5, 5.41) is 9.44. The van der Waals surface area contributed by atoms with Crippen LogP contribution >= 0.6 is 27.3 Å². The number of nitrogens with one attached hydrogen (secondary N) is 1. The molecule has 2 aromatic heterocycles. The van der Waals surface area contributed by atoms with Gasteiger partial charge in [-0.15, -0.1) is 11.3 Å². The number of sulfonamides is 1. The van der Waals surface area contributed by atoms with Gasteiger partial charge in [0.25, 0.3) is 0 Å². The summed E-state index contributed by atoms with van der Waals surface area (Å²) in [4.78, 5) is 0. The molecule has 110 valence electrons. The van der Waals surface area contributed by atoms with Gasteiger partial charge in [0.1, 0.15) is 9.97 Å². The van der Waals surface area contributed by atoms with E-state index in [1.807, 2.05) is 0 Å². The van der Waals surface area contributed by atoms with E-state index < -0.39 is 16.1 Å². The molecule has 0 fully saturated rings. The van der Waals surface area contributed by atoms with Crippen LogP contribution in [0.15, 0.2) is 42.9 Å². The number of hydrogen-bond acceptors (Lipinski definition) is 5. The molecule has 0 saturated heterocycles. The van der Waals surface area contributed by atoms with Gasteiger partial charge in [0.2, 0.25) is 10.0 Å². The number of furan rings is 1. The zero-order valence-electron chi connectivity index (χ0n) is 10.6. The Kier molecular flexibility index (Phi) is 5.03. The minimum atomic E-state index is -3.65. The molecule has 0 amide bonds. The van der Waals surface area contributed by atoms with E-state index in [1.165, 1.54) is 12.3 Å². The summed E-state index contributed by atoms with van der Waals surface area (Å²) >= 11 is 4.35. The van der Waals surface area contributed by atoms with Crippen molar-refractivity contribution in [1.82, 2.24) is 4.72 Å². The largest absolute Gasteiger partial charge is 0.469 e. The third-order valence-electron chi connectivity index (χ3n) is 2.91. The lowest BCUT2D eigenvalue weighted by Crippen LogP contribution is -2.40. The van der Waals surface area contributed by atoms with E-state index >= 15 is 0 Å². The normalized spacial score (nSPS) is 15.2. The Bertz CT molecular complexity index is 651. The van der Waals surface area contributed by atoms with Crippen LogP contribution in [0, 0.1) is 0 Å². The van der Waals surface area contributed by atoms with Crippen molar-refractivity contribution in [2.75, 3.05) is 6.61 Å². The minimum absolute atomic E-state index is 0.203. The summed E-state index contributed by atoms with van der Waals surface area (Å²) in [6.45, 7) is 1.49. The highest BCUT2D eigenvalue weighted by atomic mass is 79.9. The van der Waals surface area contributed by atoms with Gasteiger partial charge in [0.05, 0.1) is 22.7 Å². The van der Waals surface area contributed by atoms with Crippen molar-refractivity contribution in [1.29, 1.82) is 0 Å². The first-order valence-corrected chi connectivity index (χ1v) is 8.95. The van der Waals surface area contributed by atoms with E-state index in [2.05, 4.69) is 20.7 Å². The van der Waals surface area contributed by atoms with E-state index in [1.54, 1.807) is 25.1 Å². The first-order chi connectivity index (χ1) is 9.44. The van der Waals surface area contributed by atoms with Crippen molar-refractivity contribution in [3.05, 3.63) is 40.1 Å². The zero-order chi connectivity index (χ0) is 14.8. The first-order valence-electron chi connectivity index (χ1n) is 5.86. The van der Waals surface area contributed by atoms with Gasteiger partial charge in [0.15, 0.2) is 0 Å². The quantitative estimate of drug-likeness (QED) is 0.807. The maximum Gasteiger partial charge on any atom is 0.250 e. The lowest BCUT2D eigenvalue weighted by Gasteiger charge is -2.21. The highest BCUT2D eigenvalue weighted by molar-refractivity contribution is 9.11. The molecule has 2 aromatic rings. The van der Waals surface area contributed by atoms with Crippen LogP contribution in [0.25, 0.3) is 0 Å². The van der Waals surface area contributed by atoms with E-state index in [0.717, 1.165) is 15.1 Å². The fourth-order valence-corrected chi connectivity index (χ4v) is 5.08. The summed E-state index contributed by atoms with van der Waals surface area (Å²) < 4.78 is 33.2. The molecule has 0 aliphatic carbocycles. The third kappa shape index (κ3) is 3.50. The summed E-state index contributed by atoms with van der Waals surface area (Å²) in [5.74, 6) is 0.354. The summed E-state index contributed by atoms with van der Waals surface area (Å²) in [6.07, 6.45) is 1.52. The molecular formula is C12H14BrNO4S2. The molecule has 2 N–H and O–H groups in total. The number of aliphatic hydroxyl groups is 1. The molecule has 0 spiro atoms. The summed E-state index contributed by atoms with van der Waals surface area (Å²) in [7, 11) is -3.65. The number of halogens is 1. The Labute approximate surface area is 129 Å². The summed E-state index contributed by atoms with van der Waals surface area (Å²) in [6, 6.07) is 6.02. The Morgan fingerprint density at radius 1 is 1.45 bits per heavy atom. The minimum Gasteiger partial charge on any atom is -0.469 e. The molecule has 0 saturated carbocycles. The molecule has 0 aromatic carbocycles. The number of hydrogen-bond donors (Lipinski definition) is 2. The monoisotopic (exact) mass is 379 g/mol. The van der Waals surface area contributed by atoms with E-state index in [0.29, 0.717) is 5.76 Å². The fourth-order valence-electron chi connectivity index (χ4n) is 1.75. The van der Waals surface area contributed by atoms with Gasteiger partial charge in [-0.05, 0) is 40.2 Å². The summed E-state index contributed by atoms with van der Waals surface area (Å²) in [5.41, 5.74) is 0. The Hall–Kier alpha value is -0.670. The Morgan fingerprint density at radius 2 is 2.20 bits per heavy atom. The second-order valence-electron chi connectivity index (χ2n) is 4.27.